The highest BCUT2D eigenvalue weighted by Gasteiger charge is 2.25. The number of hydrogen-bond acceptors (Lipinski definition) is 0. The maximum atomic E-state index is 2.47. The molecule has 0 aliphatic rings. The Morgan fingerprint density at radius 1 is 0.649 bits per heavy atom. The molecule has 0 N–H and O–H groups in total. The molecular formula is C34H30N3+. The average Bonchev–Trinajstić information content (AvgIpc) is 3.39. The van der Waals surface area contributed by atoms with Crippen molar-refractivity contribution in [1.82, 2.24) is 9.13 Å². The van der Waals surface area contributed by atoms with Crippen molar-refractivity contribution in [3.8, 4) is 5.82 Å². The molecule has 0 fully saturated rings. The van der Waals surface area contributed by atoms with Crippen molar-refractivity contribution in [1.29, 1.82) is 0 Å². The zero-order chi connectivity index (χ0) is 25.3. The fourth-order valence-electron chi connectivity index (χ4n) is 6.01. The first kappa shape index (κ1) is 21.9. The van der Waals surface area contributed by atoms with Gasteiger partial charge >= 0.3 is 0 Å². The number of pyridine rings is 1. The lowest BCUT2D eigenvalue weighted by atomic mass is 10.0. The first-order chi connectivity index (χ1) is 18.0. The van der Waals surface area contributed by atoms with Crippen LogP contribution in [0.4, 0.5) is 0 Å². The van der Waals surface area contributed by atoms with E-state index < -0.39 is 0 Å². The van der Waals surface area contributed by atoms with Crippen LogP contribution < -0.4 is 4.57 Å². The van der Waals surface area contributed by atoms with Gasteiger partial charge in [0, 0.05) is 33.6 Å². The van der Waals surface area contributed by atoms with Gasteiger partial charge in [0.25, 0.3) is 5.82 Å². The van der Waals surface area contributed by atoms with Crippen LogP contribution in [0.2, 0.25) is 0 Å². The van der Waals surface area contributed by atoms with E-state index in [1.807, 2.05) is 0 Å². The minimum absolute atomic E-state index is 0.836. The SMILES string of the molecule is Cc1ccc2c(c1)c1ccc(C)c(C)c1n2-c1cc2c(c[n+]1C)c1ccccc1n2Cc1ccccc1. The lowest BCUT2D eigenvalue weighted by molar-refractivity contribution is -0.664. The molecule has 0 amide bonds. The molecule has 0 spiro atoms. The van der Waals surface area contributed by atoms with Crippen molar-refractivity contribution in [2.45, 2.75) is 27.3 Å². The lowest BCUT2D eigenvalue weighted by Crippen LogP contribution is -2.33. The van der Waals surface area contributed by atoms with Gasteiger partial charge in [0.2, 0.25) is 0 Å². The second kappa shape index (κ2) is 8.07. The van der Waals surface area contributed by atoms with E-state index in [0.29, 0.717) is 0 Å². The highest BCUT2D eigenvalue weighted by Crippen LogP contribution is 2.36. The minimum atomic E-state index is 0.836. The fraction of sp³-hybridized carbons (Fsp3) is 0.147. The second-order valence-electron chi connectivity index (χ2n) is 10.4. The van der Waals surface area contributed by atoms with Crippen LogP contribution in [0, 0.1) is 20.8 Å². The summed E-state index contributed by atoms with van der Waals surface area (Å²) in [6.07, 6.45) is 2.31. The fourth-order valence-corrected chi connectivity index (χ4v) is 6.01. The Hall–Kier alpha value is -4.37. The lowest BCUT2D eigenvalue weighted by Gasteiger charge is -2.10. The first-order valence-electron chi connectivity index (χ1n) is 13.0. The van der Waals surface area contributed by atoms with Gasteiger partial charge in [-0.1, -0.05) is 66.2 Å². The summed E-state index contributed by atoms with van der Waals surface area (Å²) in [5.41, 5.74) is 10.3. The Morgan fingerprint density at radius 3 is 2.27 bits per heavy atom. The smallest absolute Gasteiger partial charge is 0.288 e. The molecule has 0 saturated carbocycles. The topological polar surface area (TPSA) is 13.7 Å². The van der Waals surface area contributed by atoms with E-state index in [1.165, 1.54) is 71.7 Å². The molecule has 7 rings (SSSR count). The molecule has 3 nitrogen and oxygen atoms in total. The van der Waals surface area contributed by atoms with Crippen LogP contribution in [0.1, 0.15) is 22.3 Å². The van der Waals surface area contributed by atoms with Crippen LogP contribution in [0.25, 0.3) is 49.4 Å². The summed E-state index contributed by atoms with van der Waals surface area (Å²) in [6, 6.07) is 33.3. The van der Waals surface area contributed by atoms with Crippen molar-refractivity contribution in [3.05, 3.63) is 119 Å². The van der Waals surface area contributed by atoms with Gasteiger partial charge in [0.15, 0.2) is 0 Å². The second-order valence-corrected chi connectivity index (χ2v) is 10.4. The number of aromatic nitrogens is 3. The third-order valence-electron chi connectivity index (χ3n) is 8.02. The maximum Gasteiger partial charge on any atom is 0.288 e. The Balaban J connectivity index is 1.60. The van der Waals surface area contributed by atoms with Crippen molar-refractivity contribution < 1.29 is 4.57 Å². The van der Waals surface area contributed by atoms with Crippen molar-refractivity contribution in [3.63, 3.8) is 0 Å². The summed E-state index contributed by atoms with van der Waals surface area (Å²) in [7, 11) is 2.18. The molecule has 0 bridgehead atoms. The third kappa shape index (κ3) is 3.24. The summed E-state index contributed by atoms with van der Waals surface area (Å²) in [6.45, 7) is 7.48. The predicted molar refractivity (Wildman–Crippen MR) is 155 cm³/mol. The van der Waals surface area contributed by atoms with Crippen LogP contribution >= 0.6 is 0 Å². The van der Waals surface area contributed by atoms with Crippen LogP contribution in [-0.4, -0.2) is 9.13 Å². The van der Waals surface area contributed by atoms with E-state index >= 15 is 0 Å². The quantitative estimate of drug-likeness (QED) is 0.230. The van der Waals surface area contributed by atoms with Gasteiger partial charge in [-0.25, -0.2) is 4.57 Å². The number of fused-ring (bicyclic) bond motifs is 6. The highest BCUT2D eigenvalue weighted by atomic mass is 15.1. The molecule has 0 radical (unpaired) electrons. The number of benzene rings is 4. The minimum Gasteiger partial charge on any atom is -0.336 e. The third-order valence-corrected chi connectivity index (χ3v) is 8.02. The molecule has 37 heavy (non-hydrogen) atoms. The predicted octanol–water partition coefficient (Wildman–Crippen LogP) is 7.69. The molecule has 3 heteroatoms. The van der Waals surface area contributed by atoms with Crippen LogP contribution in [-0.2, 0) is 13.6 Å². The molecule has 0 atom stereocenters. The monoisotopic (exact) mass is 480 g/mol. The zero-order valence-electron chi connectivity index (χ0n) is 21.8. The molecule has 0 saturated heterocycles. The van der Waals surface area contributed by atoms with Crippen molar-refractivity contribution in [2.75, 3.05) is 0 Å². The number of para-hydroxylation sites is 1. The number of rotatable bonds is 3. The highest BCUT2D eigenvalue weighted by molar-refractivity contribution is 6.11. The van der Waals surface area contributed by atoms with E-state index in [1.54, 1.807) is 0 Å². The number of aryl methyl sites for hydroxylation is 4. The molecular weight excluding hydrogens is 450 g/mol. The van der Waals surface area contributed by atoms with E-state index in [0.717, 1.165) is 6.54 Å². The normalized spacial score (nSPS) is 11.9. The molecule has 0 unspecified atom stereocenters. The first-order valence-corrected chi connectivity index (χ1v) is 13.0. The Labute approximate surface area is 216 Å². The molecule has 180 valence electrons. The van der Waals surface area contributed by atoms with Gasteiger partial charge in [-0.05, 0) is 61.7 Å². The molecule has 7 aromatic rings. The van der Waals surface area contributed by atoms with E-state index in [4.69, 9.17) is 0 Å². The molecule has 0 aliphatic heterocycles. The maximum absolute atomic E-state index is 2.47. The van der Waals surface area contributed by atoms with Gasteiger partial charge in [-0.15, -0.1) is 0 Å². The van der Waals surface area contributed by atoms with Gasteiger partial charge in [-0.2, -0.15) is 4.57 Å². The van der Waals surface area contributed by atoms with Crippen molar-refractivity contribution in [2.24, 2.45) is 7.05 Å². The van der Waals surface area contributed by atoms with E-state index in [-0.39, 0.29) is 0 Å². The van der Waals surface area contributed by atoms with E-state index in [9.17, 15) is 0 Å². The summed E-state index contributed by atoms with van der Waals surface area (Å²) >= 11 is 0. The molecule has 0 aliphatic carbocycles. The van der Waals surface area contributed by atoms with Gasteiger partial charge in [0.1, 0.15) is 17.2 Å². The summed E-state index contributed by atoms with van der Waals surface area (Å²) in [5.74, 6) is 1.17. The molecule has 3 heterocycles. The van der Waals surface area contributed by atoms with Gasteiger partial charge in [-0.3, -0.25) is 0 Å². The summed E-state index contributed by atoms with van der Waals surface area (Å²) in [4.78, 5) is 0. The van der Waals surface area contributed by atoms with Crippen LogP contribution in [0.15, 0.2) is 97.2 Å². The Bertz CT molecular complexity index is 1990. The zero-order valence-corrected chi connectivity index (χ0v) is 21.8. The van der Waals surface area contributed by atoms with Gasteiger partial charge in [0.05, 0.1) is 18.6 Å². The molecule has 4 aromatic carbocycles. The van der Waals surface area contributed by atoms with E-state index in [2.05, 4.69) is 139 Å². The van der Waals surface area contributed by atoms with Gasteiger partial charge < -0.3 is 4.57 Å². The standard InChI is InChI=1S/C34H30N3/c1-22-14-17-31-28(18-22)27-16-15-23(2)24(3)34(27)37(31)33-19-32-29(21-35(33)4)26-12-8-9-13-30(26)36(32)20-25-10-6-5-7-11-25/h5-19,21H,20H2,1-4H3/q+1. The molecule has 3 aromatic heterocycles. The summed E-state index contributed by atoms with van der Waals surface area (Å²) < 4.78 is 7.23. The largest absolute Gasteiger partial charge is 0.336 e. The van der Waals surface area contributed by atoms with Crippen LogP contribution in [0.3, 0.4) is 0 Å². The number of hydrogen-bond donors (Lipinski definition) is 0. The summed E-state index contributed by atoms with van der Waals surface area (Å²) in [5, 5.41) is 5.19. The Kier molecular flexibility index (Phi) is 4.77. The van der Waals surface area contributed by atoms with Crippen LogP contribution in [0.5, 0.6) is 0 Å². The number of nitrogens with zero attached hydrogens (tertiary/aromatic N) is 3. The van der Waals surface area contributed by atoms with Crippen molar-refractivity contribution >= 4 is 43.6 Å². The average molecular weight is 481 g/mol. The Morgan fingerprint density at radius 2 is 1.43 bits per heavy atom.